The summed E-state index contributed by atoms with van der Waals surface area (Å²) in [7, 11) is 0. The number of hydrogen-bond donors (Lipinski definition) is 1. The van der Waals surface area contributed by atoms with Gasteiger partial charge in [0.1, 0.15) is 0 Å². The maximum atomic E-state index is 8.87. The van der Waals surface area contributed by atoms with E-state index in [2.05, 4.69) is 5.16 Å². The van der Waals surface area contributed by atoms with Crippen molar-refractivity contribution in [1.29, 1.82) is 0 Å². The van der Waals surface area contributed by atoms with Gasteiger partial charge in [0.15, 0.2) is 0 Å². The third kappa shape index (κ3) is 1.13. The monoisotopic (exact) mass is 167 g/mol. The van der Waals surface area contributed by atoms with Crippen molar-refractivity contribution in [2.24, 2.45) is 10.6 Å². The van der Waals surface area contributed by atoms with Crippen LogP contribution in [0.15, 0.2) is 5.16 Å². The average molecular weight is 167 g/mol. The summed E-state index contributed by atoms with van der Waals surface area (Å²) >= 11 is 0. The Morgan fingerprint density at radius 3 is 2.33 bits per heavy atom. The highest BCUT2D eigenvalue weighted by molar-refractivity contribution is 5.91. The summed E-state index contributed by atoms with van der Waals surface area (Å²) < 4.78 is 0. The molecule has 12 heavy (non-hydrogen) atoms. The van der Waals surface area contributed by atoms with Crippen molar-refractivity contribution in [2.45, 2.75) is 51.4 Å². The molecule has 0 aromatic carbocycles. The van der Waals surface area contributed by atoms with E-state index >= 15 is 0 Å². The summed E-state index contributed by atoms with van der Waals surface area (Å²) in [5.41, 5.74) is 1.44. The van der Waals surface area contributed by atoms with Crippen LogP contribution in [0.1, 0.15) is 51.4 Å². The zero-order chi connectivity index (χ0) is 8.44. The Labute approximate surface area is 73.7 Å². The van der Waals surface area contributed by atoms with E-state index in [1.54, 1.807) is 0 Å². The lowest BCUT2D eigenvalue weighted by Crippen LogP contribution is -2.28. The van der Waals surface area contributed by atoms with Gasteiger partial charge in [-0.3, -0.25) is 0 Å². The molecular weight excluding hydrogens is 150 g/mol. The van der Waals surface area contributed by atoms with Gasteiger partial charge >= 0.3 is 0 Å². The van der Waals surface area contributed by atoms with E-state index in [1.165, 1.54) is 44.9 Å². The van der Waals surface area contributed by atoms with Crippen LogP contribution >= 0.6 is 0 Å². The maximum absolute atomic E-state index is 8.87. The van der Waals surface area contributed by atoms with Crippen molar-refractivity contribution in [1.82, 2.24) is 0 Å². The highest BCUT2D eigenvalue weighted by Crippen LogP contribution is 2.46. The Hall–Kier alpha value is -0.530. The molecule has 2 aliphatic carbocycles. The summed E-state index contributed by atoms with van der Waals surface area (Å²) in [6.07, 6.45) is 10.1. The minimum absolute atomic E-state index is 0.340. The largest absolute Gasteiger partial charge is 0.411 e. The van der Waals surface area contributed by atoms with E-state index < -0.39 is 0 Å². The molecule has 0 aliphatic heterocycles. The van der Waals surface area contributed by atoms with Gasteiger partial charge in [0.2, 0.25) is 0 Å². The molecule has 2 saturated carbocycles. The molecule has 0 radical (unpaired) electrons. The van der Waals surface area contributed by atoms with E-state index in [-0.39, 0.29) is 0 Å². The molecule has 1 spiro atoms. The van der Waals surface area contributed by atoms with Crippen LogP contribution in [-0.4, -0.2) is 10.9 Å². The van der Waals surface area contributed by atoms with Crippen LogP contribution in [0, 0.1) is 5.41 Å². The van der Waals surface area contributed by atoms with Crippen molar-refractivity contribution in [3.63, 3.8) is 0 Å². The molecule has 0 bridgehead atoms. The fraction of sp³-hybridized carbons (Fsp3) is 0.900. The Bertz CT molecular complexity index is 192. The zero-order valence-corrected chi connectivity index (χ0v) is 7.55. The normalized spacial score (nSPS) is 31.5. The van der Waals surface area contributed by atoms with Crippen molar-refractivity contribution < 1.29 is 5.21 Å². The molecule has 0 aromatic heterocycles. The first kappa shape index (κ1) is 8.09. The lowest BCUT2D eigenvalue weighted by Gasteiger charge is -2.33. The van der Waals surface area contributed by atoms with Gasteiger partial charge in [-0.25, -0.2) is 0 Å². The van der Waals surface area contributed by atoms with Crippen molar-refractivity contribution in [3.8, 4) is 0 Å². The van der Waals surface area contributed by atoms with Gasteiger partial charge in [0, 0.05) is 5.41 Å². The minimum Gasteiger partial charge on any atom is -0.411 e. The molecule has 0 aromatic rings. The van der Waals surface area contributed by atoms with Gasteiger partial charge in [0.05, 0.1) is 5.71 Å². The smallest absolute Gasteiger partial charge is 0.0632 e. The fourth-order valence-corrected chi connectivity index (χ4v) is 2.93. The van der Waals surface area contributed by atoms with Crippen molar-refractivity contribution in [2.75, 3.05) is 0 Å². The summed E-state index contributed by atoms with van der Waals surface area (Å²) in [5.74, 6) is 0. The molecule has 0 atom stereocenters. The molecule has 1 N–H and O–H groups in total. The molecule has 2 nitrogen and oxygen atoms in total. The first-order valence-electron chi connectivity index (χ1n) is 5.09. The third-order valence-corrected chi connectivity index (χ3v) is 3.61. The predicted octanol–water partition coefficient (Wildman–Crippen LogP) is 2.95. The first-order valence-corrected chi connectivity index (χ1v) is 5.09. The Balaban J connectivity index is 2.16. The molecular formula is C10H17NO. The molecule has 2 fully saturated rings. The Morgan fingerprint density at radius 2 is 1.67 bits per heavy atom. The lowest BCUT2D eigenvalue weighted by atomic mass is 9.72. The second-order valence-electron chi connectivity index (χ2n) is 4.24. The van der Waals surface area contributed by atoms with Crippen LogP contribution in [0.4, 0.5) is 0 Å². The van der Waals surface area contributed by atoms with Crippen LogP contribution in [0.25, 0.3) is 0 Å². The lowest BCUT2D eigenvalue weighted by molar-refractivity contribution is 0.260. The number of rotatable bonds is 0. The summed E-state index contributed by atoms with van der Waals surface area (Å²) in [4.78, 5) is 0. The third-order valence-electron chi connectivity index (χ3n) is 3.61. The van der Waals surface area contributed by atoms with Gasteiger partial charge in [-0.05, 0) is 32.1 Å². The van der Waals surface area contributed by atoms with E-state index in [0.29, 0.717) is 5.41 Å². The minimum atomic E-state index is 0.340. The highest BCUT2D eigenvalue weighted by Gasteiger charge is 2.40. The summed E-state index contributed by atoms with van der Waals surface area (Å²) in [6.45, 7) is 0. The van der Waals surface area contributed by atoms with E-state index in [0.717, 1.165) is 12.1 Å². The average Bonchev–Trinajstić information content (AvgIpc) is 2.49. The van der Waals surface area contributed by atoms with Gasteiger partial charge < -0.3 is 5.21 Å². The van der Waals surface area contributed by atoms with Gasteiger partial charge in [-0.15, -0.1) is 0 Å². The van der Waals surface area contributed by atoms with Gasteiger partial charge in [0.25, 0.3) is 0 Å². The van der Waals surface area contributed by atoms with Gasteiger partial charge in [-0.2, -0.15) is 0 Å². The quantitative estimate of drug-likeness (QED) is 0.436. The second kappa shape index (κ2) is 3.08. The molecule has 0 saturated heterocycles. The van der Waals surface area contributed by atoms with E-state index in [1.807, 2.05) is 0 Å². The van der Waals surface area contributed by atoms with Crippen LogP contribution in [-0.2, 0) is 0 Å². The predicted molar refractivity (Wildman–Crippen MR) is 48.6 cm³/mol. The molecule has 68 valence electrons. The topological polar surface area (TPSA) is 32.6 Å². The van der Waals surface area contributed by atoms with Crippen molar-refractivity contribution in [3.05, 3.63) is 0 Å². The summed E-state index contributed by atoms with van der Waals surface area (Å²) in [5, 5.41) is 12.4. The second-order valence-corrected chi connectivity index (χ2v) is 4.24. The summed E-state index contributed by atoms with van der Waals surface area (Å²) in [6, 6.07) is 0. The highest BCUT2D eigenvalue weighted by atomic mass is 16.4. The molecule has 0 amide bonds. The van der Waals surface area contributed by atoms with Crippen LogP contribution in [0.5, 0.6) is 0 Å². The van der Waals surface area contributed by atoms with Gasteiger partial charge in [-0.1, -0.05) is 24.4 Å². The molecule has 2 rings (SSSR count). The van der Waals surface area contributed by atoms with Crippen molar-refractivity contribution >= 4 is 5.71 Å². The standard InChI is InChI=1S/C10H17NO/c12-11-9-5-4-8-10(9)6-2-1-3-7-10/h12H,1-8H2/b11-9-. The fourth-order valence-electron chi connectivity index (χ4n) is 2.93. The number of hydrogen-bond acceptors (Lipinski definition) is 2. The Morgan fingerprint density at radius 1 is 1.00 bits per heavy atom. The number of oxime groups is 1. The first-order chi connectivity index (χ1) is 5.87. The SMILES string of the molecule is O/N=C1/CCCC12CCCCC2. The van der Waals surface area contributed by atoms with Crippen LogP contribution in [0.3, 0.4) is 0 Å². The van der Waals surface area contributed by atoms with Crippen LogP contribution < -0.4 is 0 Å². The Kier molecular flexibility index (Phi) is 2.07. The van der Waals surface area contributed by atoms with Crippen LogP contribution in [0.2, 0.25) is 0 Å². The molecule has 2 aliphatic rings. The maximum Gasteiger partial charge on any atom is 0.0632 e. The molecule has 0 unspecified atom stereocenters. The number of nitrogens with zero attached hydrogens (tertiary/aromatic N) is 1. The molecule has 2 heteroatoms. The van der Waals surface area contributed by atoms with E-state index in [4.69, 9.17) is 5.21 Å². The van der Waals surface area contributed by atoms with E-state index in [9.17, 15) is 0 Å². The zero-order valence-electron chi connectivity index (χ0n) is 7.55. The molecule has 0 heterocycles.